The van der Waals surface area contributed by atoms with Crippen LogP contribution in [0, 0.1) is 5.92 Å². The largest absolute Gasteiger partial charge is 0.444 e. The van der Waals surface area contributed by atoms with Crippen LogP contribution >= 0.6 is 0 Å². The second-order valence-electron chi connectivity index (χ2n) is 8.91. The number of oxime groups is 1. The van der Waals surface area contributed by atoms with Gasteiger partial charge in [-0.2, -0.15) is 0 Å². The van der Waals surface area contributed by atoms with E-state index in [0.29, 0.717) is 6.42 Å². The van der Waals surface area contributed by atoms with Crippen LogP contribution in [-0.4, -0.2) is 54.1 Å². The summed E-state index contributed by atoms with van der Waals surface area (Å²) in [7, 11) is 1.81. The number of carbonyl (C=O) groups excluding carboxylic acids is 2. The maximum atomic E-state index is 12.3. The summed E-state index contributed by atoms with van der Waals surface area (Å²) in [6.07, 6.45) is 5.62. The molecule has 2 amide bonds. The molecular weight excluding hydrogens is 360 g/mol. The Morgan fingerprint density at radius 3 is 2.36 bits per heavy atom. The summed E-state index contributed by atoms with van der Waals surface area (Å²) in [5, 5.41) is 6.60. The highest BCUT2D eigenvalue weighted by Gasteiger charge is 2.24. The summed E-state index contributed by atoms with van der Waals surface area (Å²) >= 11 is 0. The average Bonchev–Trinajstić information content (AvgIpc) is 2.59. The molecule has 162 valence electrons. The number of carbonyl (C=O) groups is 2. The normalized spacial score (nSPS) is 17.2. The molecule has 0 unspecified atom stereocenters. The van der Waals surface area contributed by atoms with Gasteiger partial charge in [-0.15, -0.1) is 0 Å². The standard InChI is InChI=1S/C20H38N4O4/c1-14(2)12-16(22-19(26)28-20(3,4)5)18(21)23-27-13-17(25)24(6)15-10-8-7-9-11-15/h14-16H,7-13H2,1-6H3,(H2,21,23)(H,22,26)/t16-/m0/s1. The van der Waals surface area contributed by atoms with Crippen molar-refractivity contribution in [1.29, 1.82) is 0 Å². The van der Waals surface area contributed by atoms with Crippen LogP contribution in [-0.2, 0) is 14.4 Å². The van der Waals surface area contributed by atoms with Crippen LogP contribution < -0.4 is 11.1 Å². The fourth-order valence-electron chi connectivity index (χ4n) is 3.17. The lowest BCUT2D eigenvalue weighted by atomic mass is 9.94. The van der Waals surface area contributed by atoms with E-state index in [2.05, 4.69) is 10.5 Å². The molecule has 28 heavy (non-hydrogen) atoms. The third-order valence-corrected chi connectivity index (χ3v) is 4.63. The van der Waals surface area contributed by atoms with Gasteiger partial charge in [0.2, 0.25) is 0 Å². The third-order valence-electron chi connectivity index (χ3n) is 4.63. The van der Waals surface area contributed by atoms with E-state index in [4.69, 9.17) is 15.3 Å². The van der Waals surface area contributed by atoms with Crippen molar-refractivity contribution in [1.82, 2.24) is 10.2 Å². The first-order chi connectivity index (χ1) is 13.0. The number of hydrogen-bond donors (Lipinski definition) is 2. The van der Waals surface area contributed by atoms with Crippen molar-refractivity contribution in [3.8, 4) is 0 Å². The van der Waals surface area contributed by atoms with E-state index in [1.165, 1.54) is 6.42 Å². The number of alkyl carbamates (subject to hydrolysis) is 1. The van der Waals surface area contributed by atoms with Gasteiger partial charge in [0.1, 0.15) is 5.60 Å². The molecule has 0 aromatic heterocycles. The van der Waals surface area contributed by atoms with Gasteiger partial charge in [-0.3, -0.25) is 4.79 Å². The highest BCUT2D eigenvalue weighted by atomic mass is 16.6. The highest BCUT2D eigenvalue weighted by molar-refractivity contribution is 5.88. The molecule has 1 atom stereocenters. The zero-order valence-corrected chi connectivity index (χ0v) is 18.3. The van der Waals surface area contributed by atoms with E-state index in [1.54, 1.807) is 32.7 Å². The van der Waals surface area contributed by atoms with Crippen molar-refractivity contribution in [2.24, 2.45) is 16.8 Å². The van der Waals surface area contributed by atoms with Gasteiger partial charge in [0.15, 0.2) is 12.4 Å². The molecule has 1 fully saturated rings. The van der Waals surface area contributed by atoms with E-state index in [9.17, 15) is 9.59 Å². The second-order valence-corrected chi connectivity index (χ2v) is 8.91. The lowest BCUT2D eigenvalue weighted by Crippen LogP contribution is -2.47. The lowest BCUT2D eigenvalue weighted by Gasteiger charge is -2.30. The molecule has 1 rings (SSSR count). The maximum Gasteiger partial charge on any atom is 0.408 e. The lowest BCUT2D eigenvalue weighted by molar-refractivity contribution is -0.137. The summed E-state index contributed by atoms with van der Waals surface area (Å²) in [6, 6.07) is -0.255. The first-order valence-corrected chi connectivity index (χ1v) is 10.2. The number of rotatable bonds is 8. The number of ether oxygens (including phenoxy) is 1. The average molecular weight is 399 g/mol. The van der Waals surface area contributed by atoms with Crippen LogP contribution in [0.3, 0.4) is 0 Å². The molecule has 0 aliphatic heterocycles. The smallest absolute Gasteiger partial charge is 0.408 e. The third kappa shape index (κ3) is 9.28. The maximum absolute atomic E-state index is 12.3. The Hall–Kier alpha value is -1.99. The zero-order valence-electron chi connectivity index (χ0n) is 18.3. The van der Waals surface area contributed by atoms with E-state index < -0.39 is 17.7 Å². The minimum Gasteiger partial charge on any atom is -0.444 e. The Morgan fingerprint density at radius 2 is 1.82 bits per heavy atom. The molecule has 0 aromatic carbocycles. The van der Waals surface area contributed by atoms with Gasteiger partial charge >= 0.3 is 6.09 Å². The van der Waals surface area contributed by atoms with E-state index >= 15 is 0 Å². The molecule has 0 heterocycles. The number of amides is 2. The fourth-order valence-corrected chi connectivity index (χ4v) is 3.17. The van der Waals surface area contributed by atoms with E-state index in [-0.39, 0.29) is 30.3 Å². The number of hydrogen-bond acceptors (Lipinski definition) is 5. The van der Waals surface area contributed by atoms with Crippen molar-refractivity contribution < 1.29 is 19.2 Å². The van der Waals surface area contributed by atoms with Crippen molar-refractivity contribution in [2.75, 3.05) is 13.7 Å². The molecule has 1 aliphatic rings. The number of nitrogens with two attached hydrogens (primary N) is 1. The van der Waals surface area contributed by atoms with Crippen LogP contribution in [0.1, 0.15) is 73.1 Å². The van der Waals surface area contributed by atoms with Gasteiger partial charge < -0.3 is 25.5 Å². The molecule has 1 aliphatic carbocycles. The van der Waals surface area contributed by atoms with Crippen molar-refractivity contribution in [3.63, 3.8) is 0 Å². The molecule has 0 aromatic rings. The molecular formula is C20H38N4O4. The first-order valence-electron chi connectivity index (χ1n) is 10.2. The Labute approximate surface area is 169 Å². The summed E-state index contributed by atoms with van der Waals surface area (Å²) < 4.78 is 5.28. The number of amidine groups is 1. The summed E-state index contributed by atoms with van der Waals surface area (Å²) in [5.74, 6) is 0.268. The summed E-state index contributed by atoms with van der Waals surface area (Å²) in [6.45, 7) is 9.23. The molecule has 0 saturated heterocycles. The molecule has 3 N–H and O–H groups in total. The molecule has 0 radical (unpaired) electrons. The number of likely N-dealkylation sites (N-methyl/N-ethyl adjacent to an activating group) is 1. The van der Waals surface area contributed by atoms with Crippen LogP contribution in [0.4, 0.5) is 4.79 Å². The van der Waals surface area contributed by atoms with Crippen LogP contribution in [0.15, 0.2) is 5.16 Å². The number of nitrogens with one attached hydrogen (secondary N) is 1. The number of nitrogens with zero attached hydrogens (tertiary/aromatic N) is 2. The van der Waals surface area contributed by atoms with Gasteiger partial charge in [-0.05, 0) is 46.0 Å². The van der Waals surface area contributed by atoms with Gasteiger partial charge in [-0.1, -0.05) is 38.3 Å². The Bertz CT molecular complexity index is 537. The fraction of sp³-hybridized carbons (Fsp3) is 0.850. The van der Waals surface area contributed by atoms with Crippen molar-refractivity contribution in [2.45, 2.75) is 90.8 Å². The molecule has 0 bridgehead atoms. The van der Waals surface area contributed by atoms with Crippen LogP contribution in [0.2, 0.25) is 0 Å². The molecule has 1 saturated carbocycles. The Balaban J connectivity index is 2.59. The van der Waals surface area contributed by atoms with Gasteiger partial charge in [0.25, 0.3) is 5.91 Å². The minimum atomic E-state index is -0.606. The van der Waals surface area contributed by atoms with Gasteiger partial charge in [-0.25, -0.2) is 4.79 Å². The molecule has 8 heteroatoms. The SMILES string of the molecule is CC(C)C[C@H](NC(=O)OC(C)(C)C)/C(N)=N\OCC(=O)N(C)C1CCCCC1. The minimum absolute atomic E-state index is 0.118. The van der Waals surface area contributed by atoms with Crippen molar-refractivity contribution >= 4 is 17.8 Å². The first kappa shape index (κ1) is 24.0. The Morgan fingerprint density at radius 1 is 1.21 bits per heavy atom. The molecule has 8 nitrogen and oxygen atoms in total. The van der Waals surface area contributed by atoms with E-state index in [0.717, 1.165) is 25.7 Å². The van der Waals surface area contributed by atoms with Gasteiger partial charge in [0, 0.05) is 13.1 Å². The predicted octanol–water partition coefficient (Wildman–Crippen LogP) is 3.01. The van der Waals surface area contributed by atoms with Crippen LogP contribution in [0.5, 0.6) is 0 Å². The monoisotopic (exact) mass is 398 g/mol. The van der Waals surface area contributed by atoms with Crippen LogP contribution in [0.25, 0.3) is 0 Å². The predicted molar refractivity (Wildman–Crippen MR) is 110 cm³/mol. The molecule has 0 spiro atoms. The highest BCUT2D eigenvalue weighted by Crippen LogP contribution is 2.21. The van der Waals surface area contributed by atoms with E-state index in [1.807, 2.05) is 13.8 Å². The second kappa shape index (κ2) is 11.1. The summed E-state index contributed by atoms with van der Waals surface area (Å²) in [4.78, 5) is 31.3. The quantitative estimate of drug-likeness (QED) is 0.371. The Kier molecular flexibility index (Phi) is 9.55. The summed E-state index contributed by atoms with van der Waals surface area (Å²) in [5.41, 5.74) is 5.41. The zero-order chi connectivity index (χ0) is 21.3. The van der Waals surface area contributed by atoms with Crippen molar-refractivity contribution in [3.05, 3.63) is 0 Å². The topological polar surface area (TPSA) is 106 Å². The van der Waals surface area contributed by atoms with Gasteiger partial charge in [0.05, 0.1) is 6.04 Å².